The van der Waals surface area contributed by atoms with Crippen LogP contribution in [-0.4, -0.2) is 22.2 Å². The lowest BCUT2D eigenvalue weighted by Gasteiger charge is -2.16. The van der Waals surface area contributed by atoms with Gasteiger partial charge in [-0.3, -0.25) is 0 Å². The highest BCUT2D eigenvalue weighted by atomic mass is 32.2. The van der Waals surface area contributed by atoms with E-state index in [0.717, 1.165) is 12.8 Å². The molecule has 2 heterocycles. The van der Waals surface area contributed by atoms with E-state index in [1.54, 1.807) is 11.3 Å². The molecule has 78 valence electrons. The molecule has 0 amide bonds. The molecule has 1 aliphatic heterocycles. The van der Waals surface area contributed by atoms with E-state index in [1.807, 2.05) is 11.8 Å². The van der Waals surface area contributed by atoms with Crippen molar-refractivity contribution < 1.29 is 5.11 Å². The van der Waals surface area contributed by atoms with Crippen LogP contribution in [0.25, 0.3) is 0 Å². The highest BCUT2D eigenvalue weighted by Gasteiger charge is 2.23. The minimum Gasteiger partial charge on any atom is -0.392 e. The lowest BCUT2D eigenvalue weighted by Crippen LogP contribution is -2.20. The van der Waals surface area contributed by atoms with Crippen LogP contribution < -0.4 is 0 Å². The molecule has 2 atom stereocenters. The molecule has 1 aromatic rings. The maximum Gasteiger partial charge on any atom is 0.0661 e. The van der Waals surface area contributed by atoms with Crippen molar-refractivity contribution in [2.24, 2.45) is 0 Å². The lowest BCUT2D eigenvalue weighted by molar-refractivity contribution is 0.160. The van der Waals surface area contributed by atoms with Crippen molar-refractivity contribution in [3.63, 3.8) is 0 Å². The average Bonchev–Trinajstić information content (AvgIpc) is 2.87. The first-order valence-electron chi connectivity index (χ1n) is 5.17. The standard InChI is InChI=1S/C11H16OS2/c12-10(11-2-1-6-14-11)4-3-9-5-7-13-8-9/h5,7-8,10-12H,1-4,6H2. The van der Waals surface area contributed by atoms with Crippen LogP contribution in [0.2, 0.25) is 0 Å². The predicted molar refractivity (Wildman–Crippen MR) is 64.1 cm³/mol. The van der Waals surface area contributed by atoms with Crippen LogP contribution in [0.15, 0.2) is 16.8 Å². The third-order valence-electron chi connectivity index (χ3n) is 2.70. The third-order valence-corrected chi connectivity index (χ3v) is 4.94. The first-order valence-corrected chi connectivity index (χ1v) is 7.16. The van der Waals surface area contributed by atoms with E-state index in [-0.39, 0.29) is 6.10 Å². The Morgan fingerprint density at radius 1 is 1.57 bits per heavy atom. The molecule has 1 nitrogen and oxygen atoms in total. The van der Waals surface area contributed by atoms with Crippen LogP contribution in [0.3, 0.4) is 0 Å². The van der Waals surface area contributed by atoms with Crippen LogP contribution >= 0.6 is 23.1 Å². The van der Waals surface area contributed by atoms with Gasteiger partial charge in [-0.1, -0.05) is 0 Å². The Morgan fingerprint density at radius 3 is 3.14 bits per heavy atom. The van der Waals surface area contributed by atoms with Gasteiger partial charge in [-0.05, 0) is 53.8 Å². The largest absolute Gasteiger partial charge is 0.392 e. The number of rotatable bonds is 4. The maximum absolute atomic E-state index is 9.93. The number of aliphatic hydroxyl groups is 1. The quantitative estimate of drug-likeness (QED) is 0.855. The molecule has 1 N–H and O–H groups in total. The Labute approximate surface area is 93.5 Å². The zero-order valence-corrected chi connectivity index (χ0v) is 9.82. The second kappa shape index (κ2) is 5.19. The summed E-state index contributed by atoms with van der Waals surface area (Å²) >= 11 is 3.68. The number of aliphatic hydroxyl groups excluding tert-OH is 1. The second-order valence-corrected chi connectivity index (χ2v) is 5.92. The first kappa shape index (κ1) is 10.5. The molecule has 0 radical (unpaired) electrons. The van der Waals surface area contributed by atoms with E-state index in [0.29, 0.717) is 5.25 Å². The number of thioether (sulfide) groups is 1. The van der Waals surface area contributed by atoms with Gasteiger partial charge in [-0.25, -0.2) is 0 Å². The van der Waals surface area contributed by atoms with Crippen molar-refractivity contribution in [1.82, 2.24) is 0 Å². The SMILES string of the molecule is OC(CCc1ccsc1)C1CCCS1. The highest BCUT2D eigenvalue weighted by Crippen LogP contribution is 2.30. The smallest absolute Gasteiger partial charge is 0.0661 e. The zero-order chi connectivity index (χ0) is 9.80. The molecule has 2 rings (SSSR count). The van der Waals surface area contributed by atoms with E-state index in [4.69, 9.17) is 0 Å². The zero-order valence-electron chi connectivity index (χ0n) is 8.19. The van der Waals surface area contributed by atoms with Gasteiger partial charge in [0.15, 0.2) is 0 Å². The third kappa shape index (κ3) is 2.75. The summed E-state index contributed by atoms with van der Waals surface area (Å²) in [5.74, 6) is 1.24. The average molecular weight is 228 g/mol. The summed E-state index contributed by atoms with van der Waals surface area (Å²) < 4.78 is 0. The van der Waals surface area contributed by atoms with Crippen LogP contribution in [0, 0.1) is 0 Å². The summed E-state index contributed by atoms with van der Waals surface area (Å²) in [5, 5.41) is 14.7. The van der Waals surface area contributed by atoms with Crippen molar-refractivity contribution in [2.75, 3.05) is 5.75 Å². The molecule has 0 saturated carbocycles. The lowest BCUT2D eigenvalue weighted by atomic mass is 10.1. The van der Waals surface area contributed by atoms with Gasteiger partial charge in [0, 0.05) is 5.25 Å². The molecular weight excluding hydrogens is 212 g/mol. The molecule has 0 spiro atoms. The monoisotopic (exact) mass is 228 g/mol. The highest BCUT2D eigenvalue weighted by molar-refractivity contribution is 8.00. The topological polar surface area (TPSA) is 20.2 Å². The first-order chi connectivity index (χ1) is 6.86. The molecule has 3 heteroatoms. The summed E-state index contributed by atoms with van der Waals surface area (Å²) in [5.41, 5.74) is 1.37. The normalized spacial score (nSPS) is 23.9. The molecule has 1 aromatic heterocycles. The van der Waals surface area contributed by atoms with Gasteiger partial charge in [-0.2, -0.15) is 23.1 Å². The number of hydrogen-bond donors (Lipinski definition) is 1. The van der Waals surface area contributed by atoms with Gasteiger partial charge in [0.1, 0.15) is 0 Å². The van der Waals surface area contributed by atoms with E-state index < -0.39 is 0 Å². The van der Waals surface area contributed by atoms with Gasteiger partial charge < -0.3 is 5.11 Å². The van der Waals surface area contributed by atoms with Crippen LogP contribution in [0.5, 0.6) is 0 Å². The van der Waals surface area contributed by atoms with Crippen molar-refractivity contribution in [1.29, 1.82) is 0 Å². The second-order valence-electron chi connectivity index (χ2n) is 3.79. The minimum absolute atomic E-state index is 0.0950. The molecular formula is C11H16OS2. The minimum atomic E-state index is -0.0950. The van der Waals surface area contributed by atoms with Crippen LogP contribution in [0.1, 0.15) is 24.8 Å². The Hall–Kier alpha value is 0.01000. The summed E-state index contributed by atoms with van der Waals surface area (Å²) in [7, 11) is 0. The Balaban J connectivity index is 1.74. The van der Waals surface area contributed by atoms with Gasteiger partial charge >= 0.3 is 0 Å². The van der Waals surface area contributed by atoms with Gasteiger partial charge in [0.05, 0.1) is 6.10 Å². The fourth-order valence-electron chi connectivity index (χ4n) is 1.84. The summed E-state index contributed by atoms with van der Waals surface area (Å²) in [6, 6.07) is 2.15. The Kier molecular flexibility index (Phi) is 3.90. The summed E-state index contributed by atoms with van der Waals surface area (Å²) in [6.45, 7) is 0. The maximum atomic E-state index is 9.93. The molecule has 1 aliphatic rings. The molecule has 2 unspecified atom stereocenters. The van der Waals surface area contributed by atoms with Gasteiger partial charge in [0.2, 0.25) is 0 Å². The van der Waals surface area contributed by atoms with E-state index in [9.17, 15) is 5.11 Å². The summed E-state index contributed by atoms with van der Waals surface area (Å²) in [4.78, 5) is 0. The van der Waals surface area contributed by atoms with Crippen LogP contribution in [0.4, 0.5) is 0 Å². The van der Waals surface area contributed by atoms with Crippen LogP contribution in [-0.2, 0) is 6.42 Å². The molecule has 1 saturated heterocycles. The fraction of sp³-hybridized carbons (Fsp3) is 0.636. The number of hydrogen-bond acceptors (Lipinski definition) is 3. The Bertz CT molecular complexity index is 252. The van der Waals surface area contributed by atoms with Gasteiger partial charge in [0.25, 0.3) is 0 Å². The number of thiophene rings is 1. The van der Waals surface area contributed by atoms with Crippen molar-refractivity contribution in [3.05, 3.63) is 22.4 Å². The van der Waals surface area contributed by atoms with Crippen molar-refractivity contribution >= 4 is 23.1 Å². The van der Waals surface area contributed by atoms with Crippen molar-refractivity contribution in [2.45, 2.75) is 37.0 Å². The van der Waals surface area contributed by atoms with E-state index in [2.05, 4.69) is 16.8 Å². The van der Waals surface area contributed by atoms with Crippen molar-refractivity contribution in [3.8, 4) is 0 Å². The summed E-state index contributed by atoms with van der Waals surface area (Å²) in [6.07, 6.45) is 4.35. The van der Waals surface area contributed by atoms with Gasteiger partial charge in [-0.15, -0.1) is 0 Å². The molecule has 1 fully saturated rings. The van der Waals surface area contributed by atoms with E-state index in [1.165, 1.54) is 24.2 Å². The van der Waals surface area contributed by atoms with E-state index >= 15 is 0 Å². The molecule has 14 heavy (non-hydrogen) atoms. The molecule has 0 bridgehead atoms. The predicted octanol–water partition coefficient (Wildman–Crippen LogP) is 2.94. The molecule has 0 aromatic carbocycles. The Morgan fingerprint density at radius 2 is 2.50 bits per heavy atom. The molecule has 0 aliphatic carbocycles. The number of aryl methyl sites for hydroxylation is 1. The fourth-order valence-corrected chi connectivity index (χ4v) is 3.87.